The second kappa shape index (κ2) is 7.05. The first-order valence-electron chi connectivity index (χ1n) is 7.08. The van der Waals surface area contributed by atoms with Crippen LogP contribution in [0.4, 0.5) is 0 Å². The van der Waals surface area contributed by atoms with Gasteiger partial charge in [-0.15, -0.1) is 0 Å². The Balaban J connectivity index is 1.83. The van der Waals surface area contributed by atoms with Crippen LogP contribution in [0.15, 0.2) is 33.8 Å². The molecule has 0 aromatic heterocycles. The number of hydrogen-bond acceptors (Lipinski definition) is 4. The van der Waals surface area contributed by atoms with Gasteiger partial charge in [0.05, 0.1) is 0 Å². The molecular formula is C16H19BrN2O3. The molecule has 6 heteroatoms. The quantitative estimate of drug-likeness (QED) is 0.832. The second-order valence-electron chi connectivity index (χ2n) is 6.19. The molecule has 2 rings (SSSR count). The summed E-state index contributed by atoms with van der Waals surface area (Å²) in [6.07, 6.45) is 1.59. The molecule has 1 N–H and O–H groups in total. The number of rotatable bonds is 4. The van der Waals surface area contributed by atoms with E-state index in [-0.39, 0.29) is 23.7 Å². The molecule has 0 saturated heterocycles. The van der Waals surface area contributed by atoms with Crippen LogP contribution < -0.4 is 10.2 Å². The number of amides is 1. The highest BCUT2D eigenvalue weighted by Gasteiger charge is 2.30. The van der Waals surface area contributed by atoms with Gasteiger partial charge < -0.3 is 4.74 Å². The molecule has 22 heavy (non-hydrogen) atoms. The SMILES string of the molecule is CC1(C)CC(=O)C/C(=N\NC(=O)COc2ccc(Br)cc2)C1. The first kappa shape index (κ1) is 16.7. The van der Waals surface area contributed by atoms with Crippen molar-refractivity contribution in [3.05, 3.63) is 28.7 Å². The van der Waals surface area contributed by atoms with Crippen molar-refractivity contribution < 1.29 is 14.3 Å². The Morgan fingerprint density at radius 2 is 2.00 bits per heavy atom. The van der Waals surface area contributed by atoms with Crippen LogP contribution >= 0.6 is 15.9 Å². The van der Waals surface area contributed by atoms with Crippen molar-refractivity contribution in [2.45, 2.75) is 33.1 Å². The number of halogens is 1. The van der Waals surface area contributed by atoms with Gasteiger partial charge in [0.15, 0.2) is 6.61 Å². The molecule has 1 aromatic carbocycles. The zero-order valence-corrected chi connectivity index (χ0v) is 14.3. The largest absolute Gasteiger partial charge is 0.484 e. The van der Waals surface area contributed by atoms with Crippen molar-refractivity contribution in [2.75, 3.05) is 6.61 Å². The molecule has 1 aromatic rings. The number of hydrogen-bond donors (Lipinski definition) is 1. The van der Waals surface area contributed by atoms with Crippen molar-refractivity contribution in [1.82, 2.24) is 5.43 Å². The third-order valence-electron chi connectivity index (χ3n) is 3.28. The number of carbonyl (C=O) groups excluding carboxylic acids is 2. The zero-order chi connectivity index (χ0) is 16.2. The molecule has 0 heterocycles. The minimum atomic E-state index is -0.341. The maximum absolute atomic E-state index is 11.7. The van der Waals surface area contributed by atoms with E-state index < -0.39 is 0 Å². The number of ether oxygens (including phenoxy) is 1. The smallest absolute Gasteiger partial charge is 0.277 e. The summed E-state index contributed by atoms with van der Waals surface area (Å²) in [6, 6.07) is 7.21. The van der Waals surface area contributed by atoms with E-state index in [2.05, 4.69) is 26.5 Å². The summed E-state index contributed by atoms with van der Waals surface area (Å²) < 4.78 is 6.30. The van der Waals surface area contributed by atoms with Crippen LogP contribution in [-0.2, 0) is 9.59 Å². The number of Topliss-reactive ketones (excluding diaryl/α,β-unsaturated/α-hetero) is 1. The molecular weight excluding hydrogens is 348 g/mol. The summed E-state index contributed by atoms with van der Waals surface area (Å²) in [7, 11) is 0. The Labute approximate surface area is 138 Å². The van der Waals surface area contributed by atoms with E-state index in [0.29, 0.717) is 25.0 Å². The zero-order valence-electron chi connectivity index (χ0n) is 12.7. The van der Waals surface area contributed by atoms with Crippen molar-refractivity contribution in [3.63, 3.8) is 0 Å². The van der Waals surface area contributed by atoms with Crippen molar-refractivity contribution in [2.24, 2.45) is 10.5 Å². The van der Waals surface area contributed by atoms with Crippen molar-refractivity contribution in [3.8, 4) is 5.75 Å². The molecule has 0 spiro atoms. The molecule has 0 unspecified atom stereocenters. The van der Waals surface area contributed by atoms with Crippen LogP contribution in [0.25, 0.3) is 0 Å². The third kappa shape index (κ3) is 5.26. The molecule has 1 saturated carbocycles. The Bertz CT molecular complexity index is 594. The maximum Gasteiger partial charge on any atom is 0.277 e. The lowest BCUT2D eigenvalue weighted by molar-refractivity contribution is -0.123. The number of benzene rings is 1. The van der Waals surface area contributed by atoms with Gasteiger partial charge in [-0.2, -0.15) is 5.10 Å². The van der Waals surface area contributed by atoms with E-state index >= 15 is 0 Å². The number of carbonyl (C=O) groups is 2. The fraction of sp³-hybridized carbons (Fsp3) is 0.438. The summed E-state index contributed by atoms with van der Waals surface area (Å²) in [4.78, 5) is 23.4. The summed E-state index contributed by atoms with van der Waals surface area (Å²) in [5, 5.41) is 4.06. The average Bonchev–Trinajstić information content (AvgIpc) is 2.42. The summed E-state index contributed by atoms with van der Waals surface area (Å²) in [6.45, 7) is 3.94. The number of ketones is 1. The minimum Gasteiger partial charge on any atom is -0.484 e. The Morgan fingerprint density at radius 1 is 1.32 bits per heavy atom. The summed E-state index contributed by atoms with van der Waals surface area (Å²) in [5.74, 6) is 0.432. The van der Waals surface area contributed by atoms with Gasteiger partial charge in [-0.1, -0.05) is 29.8 Å². The first-order chi connectivity index (χ1) is 10.3. The van der Waals surface area contributed by atoms with Gasteiger partial charge >= 0.3 is 0 Å². The molecule has 1 amide bonds. The Morgan fingerprint density at radius 3 is 2.64 bits per heavy atom. The van der Waals surface area contributed by atoms with Gasteiger partial charge in [0.2, 0.25) is 0 Å². The second-order valence-corrected chi connectivity index (χ2v) is 7.10. The highest BCUT2D eigenvalue weighted by atomic mass is 79.9. The predicted molar refractivity (Wildman–Crippen MR) is 87.9 cm³/mol. The van der Waals surface area contributed by atoms with E-state index in [1.807, 2.05) is 26.0 Å². The topological polar surface area (TPSA) is 67.8 Å². The van der Waals surface area contributed by atoms with E-state index in [4.69, 9.17) is 4.74 Å². The van der Waals surface area contributed by atoms with Gasteiger partial charge in [0.25, 0.3) is 5.91 Å². The molecule has 0 aliphatic heterocycles. The van der Waals surface area contributed by atoms with Crippen molar-refractivity contribution >= 4 is 33.3 Å². The van der Waals surface area contributed by atoms with Gasteiger partial charge in [0.1, 0.15) is 11.5 Å². The molecule has 0 atom stereocenters. The molecule has 1 aliphatic rings. The lowest BCUT2D eigenvalue weighted by Gasteiger charge is -2.28. The standard InChI is InChI=1S/C16H19BrN2O3/c1-16(2)8-12(7-13(20)9-16)18-19-15(21)10-22-14-5-3-11(17)4-6-14/h3-6H,7-10H2,1-2H3,(H,19,21)/b18-12+. The molecule has 1 aliphatic carbocycles. The highest BCUT2D eigenvalue weighted by Crippen LogP contribution is 2.31. The number of hydrazone groups is 1. The average molecular weight is 367 g/mol. The van der Waals surface area contributed by atoms with E-state index in [1.54, 1.807) is 12.1 Å². The Kier molecular flexibility index (Phi) is 5.34. The number of nitrogens with one attached hydrogen (secondary N) is 1. The summed E-state index contributed by atoms with van der Waals surface area (Å²) >= 11 is 3.33. The van der Waals surface area contributed by atoms with E-state index in [1.165, 1.54) is 0 Å². The lowest BCUT2D eigenvalue weighted by atomic mass is 9.76. The van der Waals surface area contributed by atoms with Crippen LogP contribution in [0.1, 0.15) is 33.1 Å². The Hall–Kier alpha value is -1.69. The van der Waals surface area contributed by atoms with Crippen LogP contribution in [-0.4, -0.2) is 24.0 Å². The molecule has 0 radical (unpaired) electrons. The molecule has 118 valence electrons. The molecule has 5 nitrogen and oxygen atoms in total. The number of nitrogens with zero attached hydrogens (tertiary/aromatic N) is 1. The fourth-order valence-electron chi connectivity index (χ4n) is 2.43. The van der Waals surface area contributed by atoms with Gasteiger partial charge in [-0.3, -0.25) is 9.59 Å². The van der Waals surface area contributed by atoms with Gasteiger partial charge in [-0.05, 0) is 36.1 Å². The van der Waals surface area contributed by atoms with E-state index in [9.17, 15) is 9.59 Å². The van der Waals surface area contributed by atoms with E-state index in [0.717, 1.165) is 10.2 Å². The fourth-order valence-corrected chi connectivity index (χ4v) is 2.70. The molecule has 1 fully saturated rings. The van der Waals surface area contributed by atoms with Crippen LogP contribution in [0.3, 0.4) is 0 Å². The minimum absolute atomic E-state index is 0.0905. The van der Waals surface area contributed by atoms with Crippen molar-refractivity contribution in [1.29, 1.82) is 0 Å². The molecule has 0 bridgehead atoms. The van der Waals surface area contributed by atoms with Crippen LogP contribution in [0.2, 0.25) is 0 Å². The monoisotopic (exact) mass is 366 g/mol. The maximum atomic E-state index is 11.7. The lowest BCUT2D eigenvalue weighted by Crippen LogP contribution is -2.32. The predicted octanol–water partition coefficient (Wildman–Crippen LogP) is 3.08. The first-order valence-corrected chi connectivity index (χ1v) is 7.88. The van der Waals surface area contributed by atoms with Gasteiger partial charge in [-0.25, -0.2) is 5.43 Å². The normalized spacial score (nSPS) is 19.0. The van der Waals surface area contributed by atoms with Crippen LogP contribution in [0, 0.1) is 5.41 Å². The van der Waals surface area contributed by atoms with Gasteiger partial charge in [0, 0.05) is 23.0 Å². The van der Waals surface area contributed by atoms with Crippen LogP contribution in [0.5, 0.6) is 5.75 Å². The third-order valence-corrected chi connectivity index (χ3v) is 3.81. The highest BCUT2D eigenvalue weighted by molar-refractivity contribution is 9.10. The summed E-state index contributed by atoms with van der Waals surface area (Å²) in [5.41, 5.74) is 3.09.